The number of nitrogen functional groups attached to an aromatic ring is 1. The molecule has 0 spiro atoms. The number of nitrogens with zero attached hydrogens (tertiary/aromatic N) is 3. The molecule has 1 heterocycles. The topological polar surface area (TPSA) is 99.8 Å². The number of halogens is 6. The largest absolute Gasteiger partial charge is 0.418 e. The molecule has 1 aromatic carbocycles. The van der Waals surface area contributed by atoms with Crippen molar-refractivity contribution in [2.75, 3.05) is 5.73 Å². The van der Waals surface area contributed by atoms with Crippen molar-refractivity contribution in [1.82, 2.24) is 14.8 Å². The van der Waals surface area contributed by atoms with Crippen molar-refractivity contribution >= 4 is 17.8 Å². The van der Waals surface area contributed by atoms with Crippen LogP contribution in [0.15, 0.2) is 24.5 Å². The normalized spacial score (nSPS) is 12.7. The average Bonchev–Trinajstić information content (AvgIpc) is 2.91. The maximum absolute atomic E-state index is 13.0. The van der Waals surface area contributed by atoms with Gasteiger partial charge in [0.2, 0.25) is 5.91 Å². The van der Waals surface area contributed by atoms with E-state index in [1.54, 1.807) is 0 Å². The molecule has 0 bridgehead atoms. The van der Waals surface area contributed by atoms with E-state index in [1.807, 2.05) is 0 Å². The van der Waals surface area contributed by atoms with E-state index in [1.165, 1.54) is 0 Å². The van der Waals surface area contributed by atoms with Gasteiger partial charge in [-0.25, -0.2) is 9.67 Å². The molecule has 0 fully saturated rings. The molecule has 0 unspecified atom stereocenters. The molecule has 4 N–H and O–H groups in total. The van der Waals surface area contributed by atoms with E-state index in [2.05, 4.69) is 10.1 Å². The monoisotopic (exact) mass is 365 g/mol. The summed E-state index contributed by atoms with van der Waals surface area (Å²) in [6.07, 6.45) is -7.32. The molecule has 134 valence electrons. The van der Waals surface area contributed by atoms with Crippen LogP contribution in [0.2, 0.25) is 0 Å². The lowest BCUT2D eigenvalue weighted by Gasteiger charge is -2.17. The van der Waals surface area contributed by atoms with Gasteiger partial charge < -0.3 is 11.5 Å². The third-order valence-electron chi connectivity index (χ3n) is 2.95. The molecule has 25 heavy (non-hydrogen) atoms. The lowest BCUT2D eigenvalue weighted by Crippen LogP contribution is -2.16. The molecule has 0 aliphatic carbocycles. The minimum atomic E-state index is -5.10. The Morgan fingerprint density at radius 2 is 1.60 bits per heavy atom. The van der Waals surface area contributed by atoms with E-state index in [0.717, 1.165) is 23.3 Å². The summed E-state index contributed by atoms with van der Waals surface area (Å²) in [6, 6.07) is 0.837. The average molecular weight is 365 g/mol. The molecule has 0 aliphatic heterocycles. The maximum Gasteiger partial charge on any atom is 0.418 e. The van der Waals surface area contributed by atoms with Crippen LogP contribution in [0.5, 0.6) is 0 Å². The van der Waals surface area contributed by atoms with Crippen LogP contribution in [-0.4, -0.2) is 20.7 Å². The number of anilines is 1. The minimum absolute atomic E-state index is 0.419. The first kappa shape index (κ1) is 18.3. The van der Waals surface area contributed by atoms with E-state index < -0.39 is 46.5 Å². The van der Waals surface area contributed by atoms with Crippen molar-refractivity contribution in [3.63, 3.8) is 0 Å². The first-order valence-electron chi connectivity index (χ1n) is 6.36. The molecule has 0 radical (unpaired) electrons. The van der Waals surface area contributed by atoms with Gasteiger partial charge in [-0.3, -0.25) is 4.79 Å². The Hall–Kier alpha value is -3.05. The van der Waals surface area contributed by atoms with Gasteiger partial charge in [0.05, 0.1) is 16.8 Å². The summed E-state index contributed by atoms with van der Waals surface area (Å²) < 4.78 is 78.7. The van der Waals surface area contributed by atoms with Crippen LogP contribution in [0.1, 0.15) is 11.1 Å². The van der Waals surface area contributed by atoms with Crippen molar-refractivity contribution < 1.29 is 31.1 Å². The van der Waals surface area contributed by atoms with Gasteiger partial charge in [-0.15, -0.1) is 5.10 Å². The summed E-state index contributed by atoms with van der Waals surface area (Å²) in [4.78, 5) is 14.2. The maximum atomic E-state index is 13.0. The number of alkyl halides is 6. The van der Waals surface area contributed by atoms with E-state index in [-0.39, 0.29) is 0 Å². The second kappa shape index (κ2) is 6.11. The highest BCUT2D eigenvalue weighted by molar-refractivity contribution is 5.88. The van der Waals surface area contributed by atoms with Gasteiger partial charge in [-0.1, -0.05) is 0 Å². The number of rotatable bonds is 3. The van der Waals surface area contributed by atoms with Crippen LogP contribution in [0.25, 0.3) is 17.6 Å². The number of hydrogen-bond acceptors (Lipinski definition) is 4. The van der Waals surface area contributed by atoms with Crippen LogP contribution in [-0.2, 0) is 17.1 Å². The second-order valence-corrected chi connectivity index (χ2v) is 4.75. The van der Waals surface area contributed by atoms with Gasteiger partial charge in [0.25, 0.3) is 0 Å². The standard InChI is InChI=1S/C13H9F6N5O/c14-12(15,16)7-3-6(4-8(10(7)21)13(17,18)19)11-22-5-24(23-11)2-1-9(20)25/h1-5H,21H2,(H2,20,25)/b2-1-. The number of primary amides is 1. The van der Waals surface area contributed by atoms with Gasteiger partial charge in [0.15, 0.2) is 5.82 Å². The highest BCUT2D eigenvalue weighted by Crippen LogP contribution is 2.43. The molecule has 1 aromatic heterocycles. The van der Waals surface area contributed by atoms with Gasteiger partial charge >= 0.3 is 12.4 Å². The zero-order chi connectivity index (χ0) is 19.0. The predicted molar refractivity (Wildman–Crippen MR) is 74.4 cm³/mol. The summed E-state index contributed by atoms with van der Waals surface area (Å²) >= 11 is 0. The Morgan fingerprint density at radius 1 is 1.08 bits per heavy atom. The third-order valence-corrected chi connectivity index (χ3v) is 2.95. The van der Waals surface area contributed by atoms with Crippen molar-refractivity contribution in [2.24, 2.45) is 5.73 Å². The Labute approximate surface area is 135 Å². The van der Waals surface area contributed by atoms with E-state index in [4.69, 9.17) is 11.5 Å². The van der Waals surface area contributed by atoms with Gasteiger partial charge in [0, 0.05) is 17.8 Å². The van der Waals surface area contributed by atoms with Crippen LogP contribution < -0.4 is 11.5 Å². The molecule has 0 aliphatic rings. The molecule has 0 atom stereocenters. The molecule has 12 heteroatoms. The van der Waals surface area contributed by atoms with Gasteiger partial charge in [0.1, 0.15) is 6.33 Å². The van der Waals surface area contributed by atoms with Crippen molar-refractivity contribution in [3.8, 4) is 11.4 Å². The van der Waals surface area contributed by atoms with E-state index >= 15 is 0 Å². The number of hydrogen-bond donors (Lipinski definition) is 2. The van der Waals surface area contributed by atoms with Crippen LogP contribution in [0, 0.1) is 0 Å². The fourth-order valence-corrected chi connectivity index (χ4v) is 1.88. The van der Waals surface area contributed by atoms with Gasteiger partial charge in [-0.05, 0) is 12.1 Å². The number of benzene rings is 1. The van der Waals surface area contributed by atoms with Crippen LogP contribution in [0.4, 0.5) is 32.0 Å². The number of carbonyl (C=O) groups is 1. The van der Waals surface area contributed by atoms with E-state index in [0.29, 0.717) is 12.1 Å². The zero-order valence-corrected chi connectivity index (χ0v) is 12.1. The van der Waals surface area contributed by atoms with Crippen molar-refractivity contribution in [3.05, 3.63) is 35.7 Å². The molecule has 6 nitrogen and oxygen atoms in total. The number of amides is 1. The third kappa shape index (κ3) is 4.08. The number of aromatic nitrogens is 3. The number of nitrogens with two attached hydrogens (primary N) is 2. The summed E-state index contributed by atoms with van der Waals surface area (Å²) in [5.41, 5.74) is 4.62. The minimum Gasteiger partial charge on any atom is -0.398 e. The molecule has 0 saturated carbocycles. The molecule has 2 rings (SSSR count). The first-order valence-corrected chi connectivity index (χ1v) is 6.36. The summed E-state index contributed by atoms with van der Waals surface area (Å²) in [7, 11) is 0. The quantitative estimate of drug-likeness (QED) is 0.496. The summed E-state index contributed by atoms with van der Waals surface area (Å²) in [5, 5.41) is 3.66. The molecule has 1 amide bonds. The zero-order valence-electron chi connectivity index (χ0n) is 12.1. The fourth-order valence-electron chi connectivity index (χ4n) is 1.88. The SMILES string of the molecule is NC(=O)/C=C\n1cnc(-c2cc(C(F)(F)F)c(N)c(C(F)(F)F)c2)n1. The van der Waals surface area contributed by atoms with Crippen LogP contribution >= 0.6 is 0 Å². The fraction of sp³-hybridized carbons (Fsp3) is 0.154. The molecule has 2 aromatic rings. The second-order valence-electron chi connectivity index (χ2n) is 4.75. The lowest BCUT2D eigenvalue weighted by atomic mass is 10.0. The summed E-state index contributed by atoms with van der Waals surface area (Å²) in [6.45, 7) is 0. The Kier molecular flexibility index (Phi) is 4.47. The first-order chi connectivity index (χ1) is 11.4. The lowest BCUT2D eigenvalue weighted by molar-refractivity contribution is -0.141. The van der Waals surface area contributed by atoms with Gasteiger partial charge in [-0.2, -0.15) is 26.3 Å². The molecular formula is C13H9F6N5O. The Morgan fingerprint density at radius 3 is 2.04 bits per heavy atom. The smallest absolute Gasteiger partial charge is 0.398 e. The molecule has 0 saturated heterocycles. The highest BCUT2D eigenvalue weighted by Gasteiger charge is 2.41. The van der Waals surface area contributed by atoms with Crippen molar-refractivity contribution in [2.45, 2.75) is 12.4 Å². The highest BCUT2D eigenvalue weighted by atomic mass is 19.4. The molecular weight excluding hydrogens is 356 g/mol. The van der Waals surface area contributed by atoms with Crippen LogP contribution in [0.3, 0.4) is 0 Å². The number of carbonyl (C=O) groups excluding carboxylic acids is 1. The van der Waals surface area contributed by atoms with E-state index in [9.17, 15) is 31.1 Å². The predicted octanol–water partition coefficient (Wildman–Crippen LogP) is 2.52. The summed E-state index contributed by atoms with van der Waals surface area (Å²) in [5.74, 6) is -1.26. The Bertz CT molecular complexity index is 801. The van der Waals surface area contributed by atoms with Crippen molar-refractivity contribution in [1.29, 1.82) is 0 Å². The Balaban J connectivity index is 2.60.